The van der Waals surface area contributed by atoms with Crippen molar-refractivity contribution >= 4 is 11.6 Å². The molecule has 4 heteroatoms. The molecule has 6 rings (SSSR count). The average molecular weight is 621 g/mol. The molecule has 3 nitrogen and oxygen atoms in total. The molecule has 1 N–H and O–H groups in total. The molecule has 0 bridgehead atoms. The fraction of sp³-hybridized carbons (Fsp3) is 0.116. The van der Waals surface area contributed by atoms with Crippen LogP contribution in [-0.2, 0) is 24.1 Å². The van der Waals surface area contributed by atoms with Gasteiger partial charge in [-0.15, -0.1) is 0 Å². The number of phenols is 1. The molecule has 47 heavy (non-hydrogen) atoms. The fourth-order valence-corrected chi connectivity index (χ4v) is 5.38. The Hall–Kier alpha value is -5.61. The van der Waals surface area contributed by atoms with Crippen LogP contribution in [0.3, 0.4) is 0 Å². The molecular formula is C43H37FO3. The standard InChI is InChI=1S/C22H20O.C21H17FO2/c1-17-6-5-7-19(14-17)16-22(23)15-18-10-12-21(13-11-18)20-8-3-2-4-9-20;22-19-3-1-2-15(14-19)4-13-21(24)18-7-5-16(6-8-18)17-9-11-20(23)12-10-17/h2-14H,15-16H2,1H3;1-3,5-12,14,23H,4,13H2. The molecule has 0 fully saturated rings. The summed E-state index contributed by atoms with van der Waals surface area (Å²) in [5.74, 6) is 0.237. The number of ketones is 2. The van der Waals surface area contributed by atoms with Crippen LogP contribution in [0.4, 0.5) is 4.39 Å². The highest BCUT2D eigenvalue weighted by atomic mass is 19.1. The van der Waals surface area contributed by atoms with Crippen LogP contribution in [0, 0.1) is 12.7 Å². The smallest absolute Gasteiger partial charge is 0.163 e. The van der Waals surface area contributed by atoms with E-state index in [0.717, 1.165) is 27.8 Å². The van der Waals surface area contributed by atoms with Crippen molar-refractivity contribution in [2.24, 2.45) is 0 Å². The Kier molecular flexibility index (Phi) is 11.2. The molecule has 6 aromatic carbocycles. The molecular weight excluding hydrogens is 583 g/mol. The van der Waals surface area contributed by atoms with Gasteiger partial charge in [0, 0.05) is 24.8 Å². The number of benzene rings is 6. The number of Topliss-reactive ketones (excluding diaryl/α,β-unsaturated/α-hetero) is 2. The number of carbonyl (C=O) groups excluding carboxylic acids is 2. The van der Waals surface area contributed by atoms with Crippen molar-refractivity contribution in [3.05, 3.63) is 185 Å². The van der Waals surface area contributed by atoms with Crippen molar-refractivity contribution in [3.8, 4) is 28.0 Å². The number of hydrogen-bond donors (Lipinski definition) is 1. The molecule has 0 aliphatic rings. The molecule has 0 unspecified atom stereocenters. The number of hydrogen-bond acceptors (Lipinski definition) is 3. The first-order valence-electron chi connectivity index (χ1n) is 15.7. The molecule has 0 radical (unpaired) electrons. The number of aryl methyl sites for hydroxylation is 2. The molecule has 0 aromatic heterocycles. The van der Waals surface area contributed by atoms with Gasteiger partial charge < -0.3 is 5.11 Å². The molecule has 234 valence electrons. The van der Waals surface area contributed by atoms with Gasteiger partial charge in [0.25, 0.3) is 0 Å². The van der Waals surface area contributed by atoms with Gasteiger partial charge in [0.2, 0.25) is 0 Å². The summed E-state index contributed by atoms with van der Waals surface area (Å²) in [4.78, 5) is 24.5. The highest BCUT2D eigenvalue weighted by molar-refractivity contribution is 5.96. The van der Waals surface area contributed by atoms with Gasteiger partial charge in [-0.3, -0.25) is 9.59 Å². The zero-order chi connectivity index (χ0) is 33.0. The molecule has 0 heterocycles. The van der Waals surface area contributed by atoms with Crippen molar-refractivity contribution in [1.82, 2.24) is 0 Å². The van der Waals surface area contributed by atoms with Crippen LogP contribution in [0.5, 0.6) is 5.75 Å². The molecule has 0 aliphatic heterocycles. The second-order valence-corrected chi connectivity index (χ2v) is 11.6. The Morgan fingerprint density at radius 2 is 1.11 bits per heavy atom. The lowest BCUT2D eigenvalue weighted by atomic mass is 9.99. The lowest BCUT2D eigenvalue weighted by Crippen LogP contribution is -2.06. The Morgan fingerprint density at radius 3 is 1.74 bits per heavy atom. The topological polar surface area (TPSA) is 54.4 Å². The van der Waals surface area contributed by atoms with E-state index in [0.29, 0.717) is 31.2 Å². The maximum absolute atomic E-state index is 13.1. The lowest BCUT2D eigenvalue weighted by Gasteiger charge is -2.05. The maximum Gasteiger partial charge on any atom is 0.163 e. The van der Waals surface area contributed by atoms with E-state index in [1.54, 1.807) is 30.3 Å². The summed E-state index contributed by atoms with van der Waals surface area (Å²) in [6, 6.07) is 47.4. The Labute approximate surface area is 276 Å². The van der Waals surface area contributed by atoms with Crippen LogP contribution in [0.2, 0.25) is 0 Å². The second kappa shape index (κ2) is 16.1. The molecule has 0 amide bonds. The van der Waals surface area contributed by atoms with Gasteiger partial charge in [0.05, 0.1) is 0 Å². The number of carbonyl (C=O) groups is 2. The Balaban J connectivity index is 0.000000185. The van der Waals surface area contributed by atoms with Crippen molar-refractivity contribution in [2.45, 2.75) is 32.6 Å². The first-order chi connectivity index (χ1) is 22.8. The monoisotopic (exact) mass is 620 g/mol. The van der Waals surface area contributed by atoms with E-state index in [1.807, 2.05) is 60.7 Å². The predicted molar refractivity (Wildman–Crippen MR) is 188 cm³/mol. The molecule has 0 atom stereocenters. The zero-order valence-electron chi connectivity index (χ0n) is 26.4. The van der Waals surface area contributed by atoms with Gasteiger partial charge in [-0.1, -0.05) is 133 Å². The van der Waals surface area contributed by atoms with Crippen LogP contribution in [0.25, 0.3) is 22.3 Å². The number of phenolic OH excluding ortho intramolecular Hbond substituents is 1. The van der Waals surface area contributed by atoms with E-state index in [4.69, 9.17) is 0 Å². The quantitative estimate of drug-likeness (QED) is 0.155. The van der Waals surface area contributed by atoms with Gasteiger partial charge in [-0.25, -0.2) is 4.39 Å². The summed E-state index contributed by atoms with van der Waals surface area (Å²) >= 11 is 0. The first-order valence-corrected chi connectivity index (χ1v) is 15.7. The molecule has 0 aliphatic carbocycles. The average Bonchev–Trinajstić information content (AvgIpc) is 3.09. The van der Waals surface area contributed by atoms with Crippen molar-refractivity contribution in [3.63, 3.8) is 0 Å². The van der Waals surface area contributed by atoms with Gasteiger partial charge in [-0.05, 0) is 76.6 Å². The molecule has 6 aromatic rings. The van der Waals surface area contributed by atoms with Gasteiger partial charge in [-0.2, -0.15) is 0 Å². The van der Waals surface area contributed by atoms with Gasteiger partial charge >= 0.3 is 0 Å². The summed E-state index contributed by atoms with van der Waals surface area (Å²) < 4.78 is 13.1. The van der Waals surface area contributed by atoms with E-state index in [-0.39, 0.29) is 23.1 Å². The summed E-state index contributed by atoms with van der Waals surface area (Å²) in [7, 11) is 0. The molecule has 0 saturated carbocycles. The summed E-state index contributed by atoms with van der Waals surface area (Å²) in [6.07, 6.45) is 1.86. The van der Waals surface area contributed by atoms with Crippen molar-refractivity contribution < 1.29 is 19.1 Å². The predicted octanol–water partition coefficient (Wildman–Crippen LogP) is 10.0. The minimum absolute atomic E-state index is 0.0384. The Bertz CT molecular complexity index is 1910. The third-order valence-corrected chi connectivity index (χ3v) is 7.88. The van der Waals surface area contributed by atoms with E-state index >= 15 is 0 Å². The molecule has 0 saturated heterocycles. The largest absolute Gasteiger partial charge is 0.508 e. The third kappa shape index (κ3) is 9.94. The highest BCUT2D eigenvalue weighted by Gasteiger charge is 2.08. The van der Waals surface area contributed by atoms with E-state index in [1.165, 1.54) is 28.8 Å². The van der Waals surface area contributed by atoms with Gasteiger partial charge in [0.1, 0.15) is 17.3 Å². The van der Waals surface area contributed by atoms with Crippen LogP contribution >= 0.6 is 0 Å². The minimum Gasteiger partial charge on any atom is -0.508 e. The number of aromatic hydroxyl groups is 1. The van der Waals surface area contributed by atoms with E-state index in [2.05, 4.69) is 55.5 Å². The summed E-state index contributed by atoms with van der Waals surface area (Å²) in [5, 5.41) is 9.32. The number of rotatable bonds is 10. The van der Waals surface area contributed by atoms with E-state index in [9.17, 15) is 19.1 Å². The fourth-order valence-electron chi connectivity index (χ4n) is 5.38. The van der Waals surface area contributed by atoms with Crippen LogP contribution in [0.15, 0.2) is 152 Å². The lowest BCUT2D eigenvalue weighted by molar-refractivity contribution is -0.117. The minimum atomic E-state index is -0.279. The molecule has 0 spiro atoms. The second-order valence-electron chi connectivity index (χ2n) is 11.6. The first kappa shape index (κ1) is 32.8. The van der Waals surface area contributed by atoms with Crippen LogP contribution < -0.4 is 0 Å². The normalized spacial score (nSPS) is 10.5. The third-order valence-electron chi connectivity index (χ3n) is 7.88. The van der Waals surface area contributed by atoms with Crippen molar-refractivity contribution in [1.29, 1.82) is 0 Å². The maximum atomic E-state index is 13.1. The Morgan fingerprint density at radius 1 is 0.553 bits per heavy atom. The summed E-state index contributed by atoms with van der Waals surface area (Å²) in [6.45, 7) is 2.05. The zero-order valence-corrected chi connectivity index (χ0v) is 26.4. The van der Waals surface area contributed by atoms with E-state index < -0.39 is 0 Å². The highest BCUT2D eigenvalue weighted by Crippen LogP contribution is 2.23. The van der Waals surface area contributed by atoms with Crippen molar-refractivity contribution in [2.75, 3.05) is 0 Å². The van der Waals surface area contributed by atoms with Gasteiger partial charge in [0.15, 0.2) is 5.78 Å². The summed E-state index contributed by atoms with van der Waals surface area (Å²) in [5.41, 5.74) is 9.17. The van der Waals surface area contributed by atoms with Crippen LogP contribution in [-0.4, -0.2) is 16.7 Å². The van der Waals surface area contributed by atoms with Crippen LogP contribution in [0.1, 0.15) is 39.0 Å². The number of halogens is 1. The SMILES string of the molecule is Cc1cccc(CC(=O)Cc2ccc(-c3ccccc3)cc2)c1.O=C(CCc1cccc(F)c1)c1ccc(-c2ccc(O)cc2)cc1.